The zero-order valence-corrected chi connectivity index (χ0v) is 16.9. The molecular weight excluding hydrogens is 400 g/mol. The van der Waals surface area contributed by atoms with Gasteiger partial charge < -0.3 is 19.3 Å². The minimum atomic E-state index is -0.210. The van der Waals surface area contributed by atoms with E-state index in [4.69, 9.17) is 24.4 Å². The first-order chi connectivity index (χ1) is 15.3. The number of pyridine rings is 1. The molecule has 0 bridgehead atoms. The first-order valence-corrected chi connectivity index (χ1v) is 10.2. The van der Waals surface area contributed by atoms with Gasteiger partial charge in [-0.05, 0) is 12.1 Å². The Balaban J connectivity index is 1.57. The topological polar surface area (TPSA) is 111 Å². The van der Waals surface area contributed by atoms with E-state index >= 15 is 0 Å². The maximum absolute atomic E-state index is 12.2. The van der Waals surface area contributed by atoms with E-state index in [0.29, 0.717) is 76.0 Å². The first kappa shape index (κ1) is 19.5. The molecule has 0 spiro atoms. The monoisotopic (exact) mass is 422 g/mol. The zero-order valence-electron chi connectivity index (χ0n) is 16.9. The van der Waals surface area contributed by atoms with Crippen LogP contribution in [-0.4, -0.2) is 82.1 Å². The Hall–Kier alpha value is -3.44. The van der Waals surface area contributed by atoms with E-state index in [1.54, 1.807) is 30.6 Å². The number of rotatable bonds is 4. The number of aromatic nitrogens is 6. The van der Waals surface area contributed by atoms with E-state index in [9.17, 15) is 4.79 Å². The summed E-state index contributed by atoms with van der Waals surface area (Å²) in [5.41, 5.74) is 0.311. The highest BCUT2D eigenvalue weighted by molar-refractivity contribution is 5.55. The maximum Gasteiger partial charge on any atom is 0.257 e. The molecule has 0 unspecified atom stereocenters. The molecule has 0 saturated carbocycles. The third-order valence-corrected chi connectivity index (χ3v) is 5.11. The lowest BCUT2D eigenvalue weighted by Crippen LogP contribution is -2.40. The zero-order chi connectivity index (χ0) is 21.0. The van der Waals surface area contributed by atoms with Gasteiger partial charge in [0.05, 0.1) is 26.4 Å². The summed E-state index contributed by atoms with van der Waals surface area (Å²) < 4.78 is 12.3. The molecule has 0 aliphatic carbocycles. The van der Waals surface area contributed by atoms with Gasteiger partial charge in [-0.2, -0.15) is 15.0 Å². The molecule has 0 atom stereocenters. The minimum absolute atomic E-state index is 0.210. The van der Waals surface area contributed by atoms with Gasteiger partial charge in [0.1, 0.15) is 5.69 Å². The quantitative estimate of drug-likeness (QED) is 0.576. The lowest BCUT2D eigenvalue weighted by atomic mass is 10.3. The largest absolute Gasteiger partial charge is 0.378 e. The molecule has 5 rings (SSSR count). The van der Waals surface area contributed by atoms with Gasteiger partial charge in [0.2, 0.25) is 17.8 Å². The molecule has 160 valence electrons. The second kappa shape index (κ2) is 8.74. The van der Waals surface area contributed by atoms with Crippen molar-refractivity contribution in [2.45, 2.75) is 0 Å². The van der Waals surface area contributed by atoms with Crippen molar-refractivity contribution in [2.24, 2.45) is 0 Å². The number of nitrogens with zero attached hydrogens (tertiary/aromatic N) is 8. The van der Waals surface area contributed by atoms with Crippen LogP contribution >= 0.6 is 0 Å². The van der Waals surface area contributed by atoms with E-state index in [2.05, 4.69) is 19.8 Å². The Morgan fingerprint density at radius 3 is 2.00 bits per heavy atom. The highest BCUT2D eigenvalue weighted by atomic mass is 16.5. The molecular formula is C20H22N8O3. The van der Waals surface area contributed by atoms with Crippen molar-refractivity contribution < 1.29 is 9.47 Å². The molecule has 2 saturated heterocycles. The van der Waals surface area contributed by atoms with Crippen LogP contribution in [0.5, 0.6) is 0 Å². The van der Waals surface area contributed by atoms with Gasteiger partial charge >= 0.3 is 0 Å². The van der Waals surface area contributed by atoms with E-state index < -0.39 is 0 Å². The normalized spacial score (nSPS) is 17.0. The summed E-state index contributed by atoms with van der Waals surface area (Å²) in [6, 6.07) is 6.64. The summed E-state index contributed by atoms with van der Waals surface area (Å²) in [5, 5.41) is 0. The molecule has 11 heteroatoms. The fourth-order valence-corrected chi connectivity index (χ4v) is 3.46. The SMILES string of the molecule is O=c1ccccn1-c1nccc(-c2nc(N3CCOCC3)nc(N3CCOCC3)n2)n1. The van der Waals surface area contributed by atoms with Crippen molar-refractivity contribution >= 4 is 11.9 Å². The number of anilines is 2. The van der Waals surface area contributed by atoms with Crippen molar-refractivity contribution in [1.82, 2.24) is 29.5 Å². The van der Waals surface area contributed by atoms with Crippen molar-refractivity contribution in [1.29, 1.82) is 0 Å². The highest BCUT2D eigenvalue weighted by Gasteiger charge is 2.22. The molecule has 0 N–H and O–H groups in total. The van der Waals surface area contributed by atoms with Crippen LogP contribution in [0.15, 0.2) is 41.5 Å². The molecule has 0 amide bonds. The van der Waals surface area contributed by atoms with Crippen molar-refractivity contribution in [3.63, 3.8) is 0 Å². The molecule has 2 fully saturated rings. The van der Waals surface area contributed by atoms with E-state index in [-0.39, 0.29) is 11.5 Å². The van der Waals surface area contributed by atoms with Gasteiger partial charge in [-0.3, -0.25) is 9.36 Å². The van der Waals surface area contributed by atoms with Crippen LogP contribution in [0.2, 0.25) is 0 Å². The van der Waals surface area contributed by atoms with E-state index in [1.807, 2.05) is 0 Å². The van der Waals surface area contributed by atoms with Crippen LogP contribution in [0.25, 0.3) is 17.5 Å². The fraction of sp³-hybridized carbons (Fsp3) is 0.400. The fourth-order valence-electron chi connectivity index (χ4n) is 3.46. The number of ether oxygens (including phenoxy) is 2. The third-order valence-electron chi connectivity index (χ3n) is 5.11. The van der Waals surface area contributed by atoms with Crippen molar-refractivity contribution in [3.8, 4) is 17.5 Å². The van der Waals surface area contributed by atoms with E-state index in [0.717, 1.165) is 0 Å². The van der Waals surface area contributed by atoms with Crippen LogP contribution < -0.4 is 15.4 Å². The van der Waals surface area contributed by atoms with Gasteiger partial charge in [-0.25, -0.2) is 9.97 Å². The second-order valence-electron chi connectivity index (χ2n) is 7.11. The van der Waals surface area contributed by atoms with Crippen LogP contribution in [0.3, 0.4) is 0 Å². The maximum atomic E-state index is 12.2. The van der Waals surface area contributed by atoms with Crippen LogP contribution in [0.4, 0.5) is 11.9 Å². The van der Waals surface area contributed by atoms with Crippen LogP contribution in [0.1, 0.15) is 0 Å². The summed E-state index contributed by atoms with van der Waals surface area (Å²) in [6.07, 6.45) is 3.23. The Morgan fingerprint density at radius 2 is 1.39 bits per heavy atom. The second-order valence-corrected chi connectivity index (χ2v) is 7.11. The highest BCUT2D eigenvalue weighted by Crippen LogP contribution is 2.21. The molecule has 2 aliphatic heterocycles. The molecule has 31 heavy (non-hydrogen) atoms. The van der Waals surface area contributed by atoms with E-state index in [1.165, 1.54) is 10.6 Å². The Morgan fingerprint density at radius 1 is 0.742 bits per heavy atom. The van der Waals surface area contributed by atoms with Crippen LogP contribution in [0, 0.1) is 0 Å². The minimum Gasteiger partial charge on any atom is -0.378 e. The Bertz CT molecular complexity index is 1070. The molecule has 2 aliphatic rings. The summed E-state index contributed by atoms with van der Waals surface area (Å²) in [4.78, 5) is 39.3. The molecule has 3 aromatic rings. The van der Waals surface area contributed by atoms with Crippen molar-refractivity contribution in [2.75, 3.05) is 62.4 Å². The van der Waals surface area contributed by atoms with Crippen molar-refractivity contribution in [3.05, 3.63) is 47.0 Å². The average molecular weight is 422 g/mol. The summed E-state index contributed by atoms with van der Waals surface area (Å²) >= 11 is 0. The van der Waals surface area contributed by atoms with Gasteiger partial charge in [0.15, 0.2) is 5.82 Å². The Labute approximate surface area is 178 Å². The lowest BCUT2D eigenvalue weighted by Gasteiger charge is -2.30. The average Bonchev–Trinajstić information content (AvgIpc) is 2.85. The van der Waals surface area contributed by atoms with Gasteiger partial charge in [0.25, 0.3) is 5.56 Å². The molecule has 5 heterocycles. The number of morpholine rings is 2. The predicted molar refractivity (Wildman–Crippen MR) is 113 cm³/mol. The van der Waals surface area contributed by atoms with Gasteiger partial charge in [0, 0.05) is 44.6 Å². The van der Waals surface area contributed by atoms with Gasteiger partial charge in [-0.15, -0.1) is 0 Å². The van der Waals surface area contributed by atoms with Gasteiger partial charge in [-0.1, -0.05) is 6.07 Å². The van der Waals surface area contributed by atoms with Crippen LogP contribution in [-0.2, 0) is 9.47 Å². The molecule has 0 radical (unpaired) electrons. The summed E-state index contributed by atoms with van der Waals surface area (Å²) in [7, 11) is 0. The lowest BCUT2D eigenvalue weighted by molar-refractivity contribution is 0.121. The number of hydrogen-bond acceptors (Lipinski definition) is 10. The molecule has 3 aromatic heterocycles. The first-order valence-electron chi connectivity index (χ1n) is 10.2. The Kier molecular flexibility index (Phi) is 5.50. The number of hydrogen-bond donors (Lipinski definition) is 0. The smallest absolute Gasteiger partial charge is 0.257 e. The summed E-state index contributed by atoms with van der Waals surface area (Å²) in [6.45, 7) is 5.34. The molecule has 11 nitrogen and oxygen atoms in total. The standard InChI is InChI=1S/C20H22N8O3/c29-16-3-1-2-6-28(16)18-21-5-4-15(22-18)17-23-19(26-7-11-30-12-8-26)25-20(24-17)27-9-13-31-14-10-27/h1-6H,7-14H2. The summed E-state index contributed by atoms with van der Waals surface area (Å²) in [5.74, 6) is 1.88. The third kappa shape index (κ3) is 4.23. The predicted octanol–water partition coefficient (Wildman–Crippen LogP) is 0.153. The molecule has 0 aromatic carbocycles.